The Kier molecular flexibility index (Phi) is 10.2. The molecule has 0 unspecified atom stereocenters. The normalized spacial score (nSPS) is 13.5. The lowest BCUT2D eigenvalue weighted by molar-refractivity contribution is -0.132. The Hall–Kier alpha value is -4.91. The number of nitrogens with one attached hydrogen (secondary N) is 2. The lowest BCUT2D eigenvalue weighted by atomic mass is 10.1. The van der Waals surface area contributed by atoms with E-state index in [0.29, 0.717) is 58.5 Å². The van der Waals surface area contributed by atoms with Gasteiger partial charge in [0.05, 0.1) is 31.3 Å². The molecule has 2 aromatic carbocycles. The third-order valence-electron chi connectivity index (χ3n) is 8.16. The molecule has 0 saturated carbocycles. The number of carbonyl (C=O) groups excluding carboxylic acids is 3. The number of unbranched alkanes of at least 4 members (excludes halogenated alkanes) is 2. The van der Waals surface area contributed by atoms with E-state index in [9.17, 15) is 14.4 Å². The van der Waals surface area contributed by atoms with Gasteiger partial charge < -0.3 is 29.5 Å². The number of H-pyrrole nitrogens is 1. The maximum absolute atomic E-state index is 13.6. The van der Waals surface area contributed by atoms with Gasteiger partial charge in [-0.05, 0) is 76.1 Å². The van der Waals surface area contributed by atoms with Crippen LogP contribution in [0.2, 0.25) is 0 Å². The summed E-state index contributed by atoms with van der Waals surface area (Å²) in [5.41, 5.74) is 3.15. The first-order valence-corrected chi connectivity index (χ1v) is 15.5. The number of anilines is 2. The highest BCUT2D eigenvalue weighted by Gasteiger charge is 2.22. The van der Waals surface area contributed by atoms with Crippen LogP contribution >= 0.6 is 0 Å². The number of nitrogens with zero attached hydrogens (tertiary/aromatic N) is 6. The summed E-state index contributed by atoms with van der Waals surface area (Å²) in [7, 11) is 5.26. The molecule has 46 heavy (non-hydrogen) atoms. The van der Waals surface area contributed by atoms with Gasteiger partial charge in [0, 0.05) is 45.2 Å². The minimum atomic E-state index is -0.404. The van der Waals surface area contributed by atoms with E-state index in [-0.39, 0.29) is 11.8 Å². The van der Waals surface area contributed by atoms with Crippen LogP contribution in [0.3, 0.4) is 0 Å². The zero-order valence-electron chi connectivity index (χ0n) is 27.1. The lowest BCUT2D eigenvalue weighted by Crippen LogP contribution is -2.47. The van der Waals surface area contributed by atoms with Crippen LogP contribution < -0.4 is 19.7 Å². The molecule has 13 heteroatoms. The summed E-state index contributed by atoms with van der Waals surface area (Å²) in [5, 5.41) is 9.89. The molecule has 1 fully saturated rings. The topological polar surface area (TPSA) is 137 Å². The van der Waals surface area contributed by atoms with Crippen molar-refractivity contribution in [3.05, 3.63) is 65.1 Å². The Bertz CT molecular complexity index is 1710. The quantitative estimate of drug-likeness (QED) is 0.225. The fourth-order valence-electron chi connectivity index (χ4n) is 5.41. The second-order valence-electron chi connectivity index (χ2n) is 11.7. The molecular formula is C33H42N8O5. The minimum Gasteiger partial charge on any atom is -0.495 e. The number of hydrogen-bond acceptors (Lipinski definition) is 8. The molecule has 13 nitrogen and oxygen atoms in total. The number of carbonyl (C=O) groups is 3. The number of rotatable bonds is 12. The van der Waals surface area contributed by atoms with E-state index in [2.05, 4.69) is 32.4 Å². The van der Waals surface area contributed by atoms with Gasteiger partial charge in [-0.1, -0.05) is 6.07 Å². The van der Waals surface area contributed by atoms with Crippen molar-refractivity contribution in [3.8, 4) is 11.5 Å². The second-order valence-corrected chi connectivity index (χ2v) is 11.7. The van der Waals surface area contributed by atoms with Crippen LogP contribution in [0, 0.1) is 13.8 Å². The van der Waals surface area contributed by atoms with E-state index in [0.717, 1.165) is 51.0 Å². The van der Waals surface area contributed by atoms with Crippen molar-refractivity contribution in [1.82, 2.24) is 29.6 Å². The van der Waals surface area contributed by atoms with Crippen LogP contribution in [0.15, 0.2) is 42.6 Å². The Morgan fingerprint density at radius 1 is 1.00 bits per heavy atom. The number of hydrogen-bond donors (Lipinski definition) is 2. The molecule has 3 amide bonds. The highest BCUT2D eigenvalue weighted by atomic mass is 16.5. The number of fused-ring (bicyclic) bond motifs is 1. The summed E-state index contributed by atoms with van der Waals surface area (Å²) in [5.74, 6) is 1.14. The summed E-state index contributed by atoms with van der Waals surface area (Å²) in [4.78, 5) is 49.2. The highest BCUT2D eigenvalue weighted by molar-refractivity contribution is 6.10. The molecular weight excluding hydrogens is 588 g/mol. The predicted octanol–water partition coefficient (Wildman–Crippen LogP) is 3.92. The van der Waals surface area contributed by atoms with Crippen molar-refractivity contribution < 1.29 is 23.9 Å². The fraction of sp³-hybridized carbons (Fsp3) is 0.424. The number of aromatic amines is 1. The first kappa shape index (κ1) is 32.5. The Morgan fingerprint density at radius 3 is 2.54 bits per heavy atom. The third-order valence-corrected chi connectivity index (χ3v) is 8.16. The molecule has 0 spiro atoms. The van der Waals surface area contributed by atoms with Gasteiger partial charge in [0.15, 0.2) is 5.65 Å². The number of methoxy groups -OCH3 is 1. The number of amides is 3. The molecule has 244 valence electrons. The minimum absolute atomic E-state index is 0.228. The number of ether oxygens (including phenoxy) is 2. The van der Waals surface area contributed by atoms with E-state index in [1.54, 1.807) is 37.1 Å². The van der Waals surface area contributed by atoms with Gasteiger partial charge in [-0.15, -0.1) is 0 Å². The number of piperazine rings is 1. The Balaban J connectivity index is 1.18. The van der Waals surface area contributed by atoms with E-state index < -0.39 is 5.91 Å². The summed E-state index contributed by atoms with van der Waals surface area (Å²) in [6.45, 7) is 7.68. The highest BCUT2D eigenvalue weighted by Crippen LogP contribution is 2.32. The molecule has 4 aromatic rings. The summed E-state index contributed by atoms with van der Waals surface area (Å²) in [6, 6.07) is 10.6. The standard InChI is InChI=1S/C33H42N8O5/c1-22-10-13-27(29(19-22)46-18-8-6-7-9-30(42)40-16-14-38(3)15-17-40)39(4)33(44)24-11-12-26(28(20-24)45-5)36-32(43)25-21-34-41-31(25)35-23(2)37-41/h10-13,19-21H,6-9,14-18H2,1-5H3,(H,35,37)(H,36,43). The van der Waals surface area contributed by atoms with Gasteiger partial charge in [-0.25, -0.2) is 4.98 Å². The Labute approximate surface area is 268 Å². The molecule has 0 bridgehead atoms. The van der Waals surface area contributed by atoms with E-state index >= 15 is 0 Å². The molecule has 1 aliphatic heterocycles. The predicted molar refractivity (Wildman–Crippen MR) is 175 cm³/mol. The van der Waals surface area contributed by atoms with Crippen molar-refractivity contribution >= 4 is 34.7 Å². The third kappa shape index (κ3) is 7.48. The maximum Gasteiger partial charge on any atom is 0.261 e. The van der Waals surface area contributed by atoms with Crippen LogP contribution in [0.4, 0.5) is 11.4 Å². The van der Waals surface area contributed by atoms with Crippen LogP contribution in [0.25, 0.3) is 5.65 Å². The van der Waals surface area contributed by atoms with E-state index in [1.807, 2.05) is 30.0 Å². The summed E-state index contributed by atoms with van der Waals surface area (Å²) < 4.78 is 13.1. The summed E-state index contributed by atoms with van der Waals surface area (Å²) >= 11 is 0. The van der Waals surface area contributed by atoms with Crippen LogP contribution in [-0.4, -0.2) is 101 Å². The van der Waals surface area contributed by atoms with Gasteiger partial charge in [0.25, 0.3) is 11.8 Å². The number of aromatic nitrogens is 4. The molecule has 1 saturated heterocycles. The van der Waals surface area contributed by atoms with Crippen molar-refractivity contribution in [2.45, 2.75) is 39.5 Å². The van der Waals surface area contributed by atoms with Gasteiger partial charge >= 0.3 is 0 Å². The second kappa shape index (κ2) is 14.5. The van der Waals surface area contributed by atoms with Crippen LogP contribution in [-0.2, 0) is 4.79 Å². The zero-order valence-corrected chi connectivity index (χ0v) is 27.1. The van der Waals surface area contributed by atoms with Gasteiger partial charge in [-0.3, -0.25) is 19.5 Å². The smallest absolute Gasteiger partial charge is 0.261 e. The first-order valence-electron chi connectivity index (χ1n) is 15.5. The summed E-state index contributed by atoms with van der Waals surface area (Å²) in [6.07, 6.45) is 4.49. The average molecular weight is 631 g/mol. The number of aryl methyl sites for hydroxylation is 2. The van der Waals surface area contributed by atoms with Crippen molar-refractivity contribution in [2.24, 2.45) is 0 Å². The average Bonchev–Trinajstić information content (AvgIpc) is 3.61. The van der Waals surface area contributed by atoms with E-state index in [4.69, 9.17) is 9.47 Å². The van der Waals surface area contributed by atoms with Crippen molar-refractivity contribution in [2.75, 3.05) is 64.2 Å². The maximum atomic E-state index is 13.6. The fourth-order valence-corrected chi connectivity index (χ4v) is 5.41. The van der Waals surface area contributed by atoms with Crippen molar-refractivity contribution in [3.63, 3.8) is 0 Å². The van der Waals surface area contributed by atoms with Crippen LogP contribution in [0.1, 0.15) is 57.8 Å². The zero-order chi connectivity index (χ0) is 32.8. The molecule has 2 N–H and O–H groups in total. The number of benzene rings is 2. The molecule has 1 aliphatic rings. The molecule has 3 heterocycles. The van der Waals surface area contributed by atoms with E-state index in [1.165, 1.54) is 17.9 Å². The monoisotopic (exact) mass is 630 g/mol. The molecule has 5 rings (SSSR count). The van der Waals surface area contributed by atoms with Gasteiger partial charge in [0.2, 0.25) is 5.91 Å². The molecule has 0 atom stereocenters. The Morgan fingerprint density at radius 2 is 1.78 bits per heavy atom. The van der Waals surface area contributed by atoms with Gasteiger partial charge in [0.1, 0.15) is 22.9 Å². The number of likely N-dealkylation sites (N-methyl/N-ethyl adjacent to an activating group) is 1. The SMILES string of the molecule is COc1cc(C(=O)N(C)c2ccc(C)cc2OCCCCCC(=O)N2CCN(C)CC2)ccc1NC(=O)c1cnn2[nH]c(C)nc12. The first-order chi connectivity index (χ1) is 22.1. The van der Waals surface area contributed by atoms with Gasteiger partial charge in [-0.2, -0.15) is 9.73 Å². The molecule has 0 radical (unpaired) electrons. The lowest BCUT2D eigenvalue weighted by Gasteiger charge is -2.32. The van der Waals surface area contributed by atoms with Crippen LogP contribution in [0.5, 0.6) is 11.5 Å². The largest absolute Gasteiger partial charge is 0.495 e. The molecule has 2 aromatic heterocycles. The molecule has 0 aliphatic carbocycles. The van der Waals surface area contributed by atoms with Crippen molar-refractivity contribution in [1.29, 1.82) is 0 Å².